The van der Waals surface area contributed by atoms with Crippen LogP contribution < -0.4 is 9.47 Å². The van der Waals surface area contributed by atoms with Gasteiger partial charge in [-0.2, -0.15) is 5.10 Å². The van der Waals surface area contributed by atoms with Crippen LogP contribution in [0.1, 0.15) is 18.4 Å². The van der Waals surface area contributed by atoms with Crippen LogP contribution in [0.2, 0.25) is 0 Å². The fourth-order valence-corrected chi connectivity index (χ4v) is 3.55. The Hall–Kier alpha value is -2.64. The molecule has 0 atom stereocenters. The second-order valence-corrected chi connectivity index (χ2v) is 7.29. The van der Waals surface area contributed by atoms with Crippen molar-refractivity contribution in [2.75, 3.05) is 14.2 Å². The van der Waals surface area contributed by atoms with Gasteiger partial charge in [0.15, 0.2) is 0 Å². The van der Waals surface area contributed by atoms with Gasteiger partial charge >= 0.3 is 0 Å². The predicted octanol–water partition coefficient (Wildman–Crippen LogP) is 4.04. The van der Waals surface area contributed by atoms with Crippen LogP contribution in [0.3, 0.4) is 0 Å². The maximum absolute atomic E-state index is 5.70. The molecule has 1 aromatic heterocycles. The Morgan fingerprint density at radius 3 is 2.50 bits per heavy atom. The smallest absolute Gasteiger partial charge is 0.203 e. The molecule has 1 aliphatic carbocycles. The van der Waals surface area contributed by atoms with Crippen molar-refractivity contribution in [3.05, 3.63) is 65.2 Å². The Morgan fingerprint density at radius 2 is 1.82 bits per heavy atom. The molecule has 0 amide bonds. The molecule has 1 heterocycles. The van der Waals surface area contributed by atoms with Crippen LogP contribution in [0.5, 0.6) is 11.5 Å². The topological polar surface area (TPSA) is 44.5 Å². The van der Waals surface area contributed by atoms with Crippen molar-refractivity contribution in [3.63, 3.8) is 0 Å². The third-order valence-electron chi connectivity index (χ3n) is 5.00. The molecule has 0 N–H and O–H groups in total. The van der Waals surface area contributed by atoms with Crippen molar-refractivity contribution >= 4 is 12.2 Å². The lowest BCUT2D eigenvalue weighted by molar-refractivity contribution is 0.186. The molecule has 7 heteroatoms. The normalized spacial score (nSPS) is 13.7. The van der Waals surface area contributed by atoms with Gasteiger partial charge in [-0.1, -0.05) is 24.3 Å². The third kappa shape index (κ3) is 3.95. The lowest BCUT2D eigenvalue weighted by Crippen LogP contribution is -2.29. The van der Waals surface area contributed by atoms with E-state index in [1.165, 1.54) is 18.4 Å². The number of hydrogen-bond donors (Lipinski definition) is 0. The van der Waals surface area contributed by atoms with E-state index < -0.39 is 0 Å². The molecule has 0 spiro atoms. The Labute approximate surface area is 169 Å². The zero-order valence-electron chi connectivity index (χ0n) is 16.1. The molecule has 1 saturated carbocycles. The van der Waals surface area contributed by atoms with E-state index in [-0.39, 0.29) is 0 Å². The molecule has 2 aromatic carbocycles. The lowest BCUT2D eigenvalue weighted by atomic mass is 10.2. The summed E-state index contributed by atoms with van der Waals surface area (Å²) >= 11 is 5.70. The molecule has 28 heavy (non-hydrogen) atoms. The molecule has 0 radical (unpaired) electrons. The van der Waals surface area contributed by atoms with Crippen molar-refractivity contribution in [2.24, 2.45) is 0 Å². The summed E-state index contributed by atoms with van der Waals surface area (Å²) in [7, 11) is 3.35. The Bertz CT molecular complexity index is 992. The number of hydrogen-bond acceptors (Lipinski definition) is 5. The maximum atomic E-state index is 5.70. The van der Waals surface area contributed by atoms with Crippen LogP contribution in [0.15, 0.2) is 54.9 Å². The van der Waals surface area contributed by atoms with E-state index in [2.05, 4.69) is 22.1 Å². The molecular weight excluding hydrogens is 372 g/mol. The van der Waals surface area contributed by atoms with Crippen LogP contribution in [0, 0.1) is 4.77 Å². The van der Waals surface area contributed by atoms with E-state index in [4.69, 9.17) is 21.7 Å². The highest BCUT2D eigenvalue weighted by Crippen LogP contribution is 2.29. The van der Waals surface area contributed by atoms with Gasteiger partial charge in [0.2, 0.25) is 4.77 Å². The fraction of sp³-hybridized carbons (Fsp3) is 0.333. The molecule has 0 bridgehead atoms. The highest BCUT2D eigenvalue weighted by Gasteiger charge is 2.29. The minimum absolute atomic E-state index is 0.584. The number of aromatic nitrogens is 3. The van der Waals surface area contributed by atoms with Gasteiger partial charge in [0.05, 0.1) is 26.6 Å². The number of methoxy groups -OCH3 is 2. The van der Waals surface area contributed by atoms with Crippen LogP contribution in [-0.2, 0) is 13.2 Å². The molecule has 6 nitrogen and oxygen atoms in total. The average molecular weight is 397 g/mol. The minimum atomic E-state index is 0.584. The van der Waals surface area contributed by atoms with E-state index in [0.29, 0.717) is 17.5 Å². The summed E-state index contributed by atoms with van der Waals surface area (Å²) in [6.45, 7) is 1.52. The molecule has 4 rings (SSSR count). The van der Waals surface area contributed by atoms with Crippen LogP contribution in [0.25, 0.3) is 5.69 Å². The zero-order valence-corrected chi connectivity index (χ0v) is 16.9. The third-order valence-corrected chi connectivity index (χ3v) is 5.41. The zero-order chi connectivity index (χ0) is 19.5. The second-order valence-electron chi connectivity index (χ2n) is 6.92. The minimum Gasteiger partial charge on any atom is -0.497 e. The quantitative estimate of drug-likeness (QED) is 0.538. The summed E-state index contributed by atoms with van der Waals surface area (Å²) in [5.74, 6) is 1.65. The van der Waals surface area contributed by atoms with Gasteiger partial charge in [-0.3, -0.25) is 9.47 Å². The molecular formula is C21H24N4O2S. The van der Waals surface area contributed by atoms with Crippen molar-refractivity contribution in [1.82, 2.24) is 19.2 Å². The fourth-order valence-electron chi connectivity index (χ4n) is 3.30. The first-order chi connectivity index (χ1) is 13.7. The molecule has 146 valence electrons. The van der Waals surface area contributed by atoms with E-state index in [0.717, 1.165) is 23.7 Å². The Morgan fingerprint density at radius 1 is 1.07 bits per heavy atom. The van der Waals surface area contributed by atoms with E-state index in [1.807, 2.05) is 45.6 Å². The standard InChI is InChI=1S/C21H24N4O2S/c1-26-18-11-7-16(8-12-18)13-23(17-9-10-17)15-25-21(28)24(14-22-25)19-5-3-4-6-20(19)27-2/h3-8,11-12,14,17H,9-10,13,15H2,1-2H3. The predicted molar refractivity (Wildman–Crippen MR) is 110 cm³/mol. The van der Waals surface area contributed by atoms with Crippen LogP contribution in [-0.4, -0.2) is 39.5 Å². The lowest BCUT2D eigenvalue weighted by Gasteiger charge is -2.22. The van der Waals surface area contributed by atoms with Gasteiger partial charge in [0.25, 0.3) is 0 Å². The highest BCUT2D eigenvalue weighted by atomic mass is 32.1. The van der Waals surface area contributed by atoms with E-state index in [9.17, 15) is 0 Å². The SMILES string of the molecule is COc1ccc(CN(Cn2ncn(-c3ccccc3OC)c2=S)C2CC2)cc1. The van der Waals surface area contributed by atoms with Gasteiger partial charge in [-0.25, -0.2) is 4.68 Å². The highest BCUT2D eigenvalue weighted by molar-refractivity contribution is 7.71. The maximum Gasteiger partial charge on any atom is 0.203 e. The summed E-state index contributed by atoms with van der Waals surface area (Å²) < 4.78 is 15.2. The van der Waals surface area contributed by atoms with Gasteiger partial charge in [0, 0.05) is 12.6 Å². The van der Waals surface area contributed by atoms with Gasteiger partial charge in [0.1, 0.15) is 17.8 Å². The van der Waals surface area contributed by atoms with E-state index >= 15 is 0 Å². The van der Waals surface area contributed by atoms with Crippen LogP contribution >= 0.6 is 12.2 Å². The van der Waals surface area contributed by atoms with Crippen molar-refractivity contribution in [1.29, 1.82) is 0 Å². The number of benzene rings is 2. The molecule has 1 fully saturated rings. The number of para-hydroxylation sites is 2. The number of ether oxygens (including phenoxy) is 2. The summed E-state index contributed by atoms with van der Waals surface area (Å²) in [4.78, 5) is 2.43. The summed E-state index contributed by atoms with van der Waals surface area (Å²) in [6, 6.07) is 16.6. The van der Waals surface area contributed by atoms with Gasteiger partial charge in [-0.05, 0) is 54.9 Å². The Balaban J connectivity index is 1.55. The van der Waals surface area contributed by atoms with E-state index in [1.54, 1.807) is 20.5 Å². The first kappa shape index (κ1) is 18.7. The molecule has 0 unspecified atom stereocenters. The van der Waals surface area contributed by atoms with Gasteiger partial charge < -0.3 is 9.47 Å². The molecule has 0 saturated heterocycles. The summed E-state index contributed by atoms with van der Waals surface area (Å²) in [6.07, 6.45) is 4.20. The molecule has 3 aromatic rings. The van der Waals surface area contributed by atoms with Crippen molar-refractivity contribution < 1.29 is 9.47 Å². The van der Waals surface area contributed by atoms with Crippen molar-refractivity contribution in [2.45, 2.75) is 32.1 Å². The summed E-state index contributed by atoms with van der Waals surface area (Å²) in [5, 5.41) is 4.54. The number of rotatable bonds is 8. The number of nitrogens with zero attached hydrogens (tertiary/aromatic N) is 4. The average Bonchev–Trinajstić information content (AvgIpc) is 3.52. The largest absolute Gasteiger partial charge is 0.497 e. The second kappa shape index (κ2) is 8.16. The molecule has 1 aliphatic rings. The van der Waals surface area contributed by atoms with Gasteiger partial charge in [-0.15, -0.1) is 0 Å². The van der Waals surface area contributed by atoms with Crippen LogP contribution in [0.4, 0.5) is 0 Å². The first-order valence-corrected chi connectivity index (χ1v) is 9.75. The monoisotopic (exact) mass is 396 g/mol. The summed E-state index contributed by atoms with van der Waals surface area (Å²) in [5.41, 5.74) is 2.15. The first-order valence-electron chi connectivity index (χ1n) is 9.34. The Kier molecular flexibility index (Phi) is 5.45. The molecule has 0 aliphatic heterocycles. The van der Waals surface area contributed by atoms with Crippen molar-refractivity contribution in [3.8, 4) is 17.2 Å².